The van der Waals surface area contributed by atoms with Gasteiger partial charge in [0.2, 0.25) is 10.0 Å². The third-order valence-electron chi connectivity index (χ3n) is 4.31. The molecule has 0 unspecified atom stereocenters. The Hall–Kier alpha value is -2.17. The van der Waals surface area contributed by atoms with E-state index in [1.165, 1.54) is 12.1 Å². The number of hydrogen-bond donors (Lipinski definition) is 2. The monoisotopic (exact) mass is 382 g/mol. The van der Waals surface area contributed by atoms with Gasteiger partial charge in [-0.25, -0.2) is 17.9 Å². The van der Waals surface area contributed by atoms with Gasteiger partial charge in [-0.1, -0.05) is 6.07 Å². The highest BCUT2D eigenvalue weighted by Crippen LogP contribution is 2.14. The van der Waals surface area contributed by atoms with E-state index in [0.717, 1.165) is 0 Å². The molecule has 2 aliphatic heterocycles. The fraction of sp³-hybridized carbons (Fsp3) is 0.500. The Balaban J connectivity index is 1.63. The van der Waals surface area contributed by atoms with Crippen molar-refractivity contribution in [2.45, 2.75) is 4.90 Å². The maximum Gasteiger partial charge on any atom is 0.317 e. The van der Waals surface area contributed by atoms with Gasteiger partial charge in [0.1, 0.15) is 0 Å². The molecule has 2 heterocycles. The molecule has 0 aliphatic carbocycles. The van der Waals surface area contributed by atoms with Crippen molar-refractivity contribution in [1.29, 1.82) is 0 Å². The van der Waals surface area contributed by atoms with Gasteiger partial charge in [0, 0.05) is 44.8 Å². The lowest BCUT2D eigenvalue weighted by Crippen LogP contribution is -2.40. The van der Waals surface area contributed by atoms with Gasteiger partial charge in [-0.05, 0) is 18.2 Å². The number of amides is 3. The van der Waals surface area contributed by atoms with Crippen molar-refractivity contribution in [3.63, 3.8) is 0 Å². The first-order chi connectivity index (χ1) is 12.5. The first kappa shape index (κ1) is 18.6. The normalized spacial score (nSPS) is 18.1. The highest BCUT2D eigenvalue weighted by molar-refractivity contribution is 7.89. The molecule has 9 nitrogen and oxygen atoms in total. The lowest BCUT2D eigenvalue weighted by molar-refractivity contribution is 0.0302. The van der Waals surface area contributed by atoms with Crippen molar-refractivity contribution in [2.75, 3.05) is 52.5 Å². The third-order valence-corrected chi connectivity index (χ3v) is 5.77. The van der Waals surface area contributed by atoms with E-state index in [9.17, 15) is 18.0 Å². The standard InChI is InChI=1S/C16H22N4O5S/c21-15(19-8-10-25-11-9-19)13-2-1-3-14(12-13)26(23,24)18-5-7-20-6-4-17-16(20)22/h1-3,12,18H,4-11H2,(H,17,22). The van der Waals surface area contributed by atoms with Crippen LogP contribution in [0, 0.1) is 0 Å². The molecule has 3 amide bonds. The molecule has 2 aliphatic rings. The predicted octanol–water partition coefficient (Wildman–Crippen LogP) is -0.537. The summed E-state index contributed by atoms with van der Waals surface area (Å²) in [6.45, 7) is 3.47. The van der Waals surface area contributed by atoms with Crippen LogP contribution in [-0.2, 0) is 14.8 Å². The molecule has 2 N–H and O–H groups in total. The van der Waals surface area contributed by atoms with Gasteiger partial charge in [-0.3, -0.25) is 4.79 Å². The quantitative estimate of drug-likeness (QED) is 0.687. The van der Waals surface area contributed by atoms with Gasteiger partial charge in [-0.2, -0.15) is 0 Å². The van der Waals surface area contributed by atoms with Gasteiger partial charge in [0.15, 0.2) is 0 Å². The van der Waals surface area contributed by atoms with Gasteiger partial charge >= 0.3 is 6.03 Å². The Morgan fingerprint density at radius 3 is 2.69 bits per heavy atom. The Labute approximate surface area is 152 Å². The minimum Gasteiger partial charge on any atom is -0.378 e. The van der Waals surface area contributed by atoms with Crippen LogP contribution in [0.5, 0.6) is 0 Å². The average Bonchev–Trinajstić information content (AvgIpc) is 3.07. The van der Waals surface area contributed by atoms with E-state index >= 15 is 0 Å². The number of carbonyl (C=O) groups excluding carboxylic acids is 2. The van der Waals surface area contributed by atoms with Gasteiger partial charge in [-0.15, -0.1) is 0 Å². The number of sulfonamides is 1. The number of hydrogen-bond acceptors (Lipinski definition) is 5. The molecule has 2 saturated heterocycles. The highest BCUT2D eigenvalue weighted by atomic mass is 32.2. The third kappa shape index (κ3) is 4.32. The van der Waals surface area contributed by atoms with Crippen LogP contribution in [0.25, 0.3) is 0 Å². The maximum absolute atomic E-state index is 12.5. The van der Waals surface area contributed by atoms with E-state index in [4.69, 9.17) is 4.74 Å². The lowest BCUT2D eigenvalue weighted by Gasteiger charge is -2.27. The molecule has 0 saturated carbocycles. The molecule has 1 aromatic carbocycles. The fourth-order valence-corrected chi connectivity index (χ4v) is 3.93. The summed E-state index contributed by atoms with van der Waals surface area (Å²) in [5, 5.41) is 2.66. The lowest BCUT2D eigenvalue weighted by atomic mass is 10.2. The molecule has 26 heavy (non-hydrogen) atoms. The van der Waals surface area contributed by atoms with Crippen LogP contribution in [-0.4, -0.2) is 82.6 Å². The molecule has 0 radical (unpaired) electrons. The van der Waals surface area contributed by atoms with Crippen LogP contribution in [0.15, 0.2) is 29.2 Å². The molecule has 10 heteroatoms. The van der Waals surface area contributed by atoms with Crippen molar-refractivity contribution in [3.8, 4) is 0 Å². The summed E-state index contributed by atoms with van der Waals surface area (Å²) in [4.78, 5) is 27.2. The molecule has 0 aromatic heterocycles. The van der Waals surface area contributed by atoms with Crippen LogP contribution in [0.1, 0.15) is 10.4 Å². The van der Waals surface area contributed by atoms with Gasteiger partial charge in [0.05, 0.1) is 18.1 Å². The first-order valence-corrected chi connectivity index (χ1v) is 9.95. The topological polar surface area (TPSA) is 108 Å². The van der Waals surface area contributed by atoms with E-state index in [2.05, 4.69) is 10.0 Å². The minimum atomic E-state index is -3.76. The summed E-state index contributed by atoms with van der Waals surface area (Å²) in [7, 11) is -3.76. The van der Waals surface area contributed by atoms with Crippen LogP contribution < -0.4 is 10.0 Å². The number of rotatable bonds is 6. The Morgan fingerprint density at radius 2 is 2.00 bits per heavy atom. The second-order valence-electron chi connectivity index (χ2n) is 6.05. The molecule has 2 fully saturated rings. The van der Waals surface area contributed by atoms with E-state index in [-0.39, 0.29) is 29.9 Å². The highest BCUT2D eigenvalue weighted by Gasteiger charge is 2.22. The average molecular weight is 382 g/mol. The van der Waals surface area contributed by atoms with Gasteiger partial charge in [0.25, 0.3) is 5.91 Å². The maximum atomic E-state index is 12.5. The number of benzene rings is 1. The van der Waals surface area contributed by atoms with E-state index in [0.29, 0.717) is 45.0 Å². The van der Waals surface area contributed by atoms with Crippen molar-refractivity contribution < 1.29 is 22.7 Å². The van der Waals surface area contributed by atoms with E-state index in [1.54, 1.807) is 21.9 Å². The van der Waals surface area contributed by atoms with Crippen LogP contribution in [0.4, 0.5) is 4.79 Å². The molecule has 142 valence electrons. The Morgan fingerprint density at radius 1 is 1.23 bits per heavy atom. The van der Waals surface area contributed by atoms with Crippen LogP contribution >= 0.6 is 0 Å². The zero-order valence-corrected chi connectivity index (χ0v) is 15.1. The van der Waals surface area contributed by atoms with Crippen LogP contribution in [0.3, 0.4) is 0 Å². The van der Waals surface area contributed by atoms with Crippen molar-refractivity contribution in [3.05, 3.63) is 29.8 Å². The molecule has 0 spiro atoms. The smallest absolute Gasteiger partial charge is 0.317 e. The van der Waals surface area contributed by atoms with Crippen LogP contribution in [0.2, 0.25) is 0 Å². The molecular weight excluding hydrogens is 360 g/mol. The van der Waals surface area contributed by atoms with E-state index < -0.39 is 10.0 Å². The molecule has 1 aromatic rings. The summed E-state index contributed by atoms with van der Waals surface area (Å²) in [6.07, 6.45) is 0. The van der Waals surface area contributed by atoms with Crippen molar-refractivity contribution in [1.82, 2.24) is 19.8 Å². The predicted molar refractivity (Wildman–Crippen MR) is 93.3 cm³/mol. The zero-order valence-electron chi connectivity index (χ0n) is 14.3. The Kier molecular flexibility index (Phi) is 5.74. The summed E-state index contributed by atoms with van der Waals surface area (Å²) in [5.41, 5.74) is 0.327. The second kappa shape index (κ2) is 8.02. The second-order valence-corrected chi connectivity index (χ2v) is 7.82. The largest absolute Gasteiger partial charge is 0.378 e. The summed E-state index contributed by atoms with van der Waals surface area (Å²) >= 11 is 0. The Bertz CT molecular complexity index is 777. The zero-order chi connectivity index (χ0) is 18.6. The summed E-state index contributed by atoms with van der Waals surface area (Å²) in [6, 6.07) is 5.79. The van der Waals surface area contributed by atoms with Gasteiger partial charge < -0.3 is 19.9 Å². The summed E-state index contributed by atoms with van der Waals surface area (Å²) in [5.74, 6) is -0.209. The first-order valence-electron chi connectivity index (χ1n) is 8.47. The number of morpholine rings is 1. The molecular formula is C16H22N4O5S. The number of carbonyl (C=O) groups is 2. The van der Waals surface area contributed by atoms with Crippen molar-refractivity contribution in [2.24, 2.45) is 0 Å². The van der Waals surface area contributed by atoms with Crippen molar-refractivity contribution >= 4 is 22.0 Å². The molecule has 0 atom stereocenters. The SMILES string of the molecule is O=C1NCCN1CCNS(=O)(=O)c1cccc(C(=O)N2CCOCC2)c1. The van der Waals surface area contributed by atoms with E-state index in [1.807, 2.05) is 0 Å². The number of urea groups is 1. The summed E-state index contributed by atoms with van der Waals surface area (Å²) < 4.78 is 32.6. The number of nitrogens with one attached hydrogen (secondary N) is 2. The number of ether oxygens (including phenoxy) is 1. The molecule has 0 bridgehead atoms. The molecule has 3 rings (SSSR count). The minimum absolute atomic E-state index is 0.0301. The number of nitrogens with zero attached hydrogens (tertiary/aromatic N) is 2. The fourth-order valence-electron chi connectivity index (χ4n) is 2.87.